The quantitative estimate of drug-likeness (QED) is 0.369. The summed E-state index contributed by atoms with van der Waals surface area (Å²) in [5.74, 6) is -1.68. The van der Waals surface area contributed by atoms with Crippen LogP contribution in [0.3, 0.4) is 0 Å². The van der Waals surface area contributed by atoms with Crippen LogP contribution in [0, 0.1) is 12.8 Å². The smallest absolute Gasteiger partial charge is 0.356 e. The van der Waals surface area contributed by atoms with Gasteiger partial charge in [0, 0.05) is 30.3 Å². The highest BCUT2D eigenvalue weighted by atomic mass is 32.2. The molecule has 11 nitrogen and oxygen atoms in total. The number of nitrogens with zero attached hydrogens (tertiary/aromatic N) is 3. The van der Waals surface area contributed by atoms with Gasteiger partial charge in [0.15, 0.2) is 5.69 Å². The molecule has 0 spiro atoms. The molecular formula is C28H34N4O7S. The van der Waals surface area contributed by atoms with Gasteiger partial charge in [-0.15, -0.1) is 0 Å². The second kappa shape index (κ2) is 12.2. The van der Waals surface area contributed by atoms with Crippen LogP contribution < -0.4 is 10.1 Å². The monoisotopic (exact) mass is 570 g/mol. The highest BCUT2D eigenvalue weighted by Crippen LogP contribution is 2.37. The van der Waals surface area contributed by atoms with E-state index in [2.05, 4.69) is 10.4 Å². The minimum absolute atomic E-state index is 0.0248. The van der Waals surface area contributed by atoms with Crippen LogP contribution >= 0.6 is 0 Å². The molecule has 214 valence electrons. The summed E-state index contributed by atoms with van der Waals surface area (Å²) in [5.41, 5.74) is 1.84. The van der Waals surface area contributed by atoms with Crippen molar-refractivity contribution in [3.05, 3.63) is 59.3 Å². The minimum Gasteiger partial charge on any atom is -0.476 e. The number of hydrogen-bond acceptors (Lipinski definition) is 7. The number of rotatable bonds is 10. The lowest BCUT2D eigenvalue weighted by atomic mass is 10.1. The zero-order valence-corrected chi connectivity index (χ0v) is 23.8. The number of carboxylic acids is 1. The number of amides is 1. The van der Waals surface area contributed by atoms with Gasteiger partial charge >= 0.3 is 5.97 Å². The van der Waals surface area contributed by atoms with E-state index in [0.29, 0.717) is 24.2 Å². The fourth-order valence-corrected chi connectivity index (χ4v) is 5.88. The fourth-order valence-electron chi connectivity index (χ4n) is 4.34. The predicted octanol–water partition coefficient (Wildman–Crippen LogP) is 4.24. The van der Waals surface area contributed by atoms with E-state index < -0.39 is 16.0 Å². The van der Waals surface area contributed by atoms with Crippen molar-refractivity contribution in [1.29, 1.82) is 0 Å². The number of carboxylic acid groups (broad SMARTS) is 1. The summed E-state index contributed by atoms with van der Waals surface area (Å²) in [5, 5.41) is 16.9. The maximum Gasteiger partial charge on any atom is 0.356 e. The Morgan fingerprint density at radius 1 is 1.15 bits per heavy atom. The van der Waals surface area contributed by atoms with Crippen molar-refractivity contribution in [2.45, 2.75) is 45.4 Å². The Hall–Kier alpha value is -3.74. The van der Waals surface area contributed by atoms with Crippen molar-refractivity contribution < 1.29 is 32.6 Å². The first kappa shape index (κ1) is 29.2. The topological polar surface area (TPSA) is 140 Å². The van der Waals surface area contributed by atoms with E-state index in [1.807, 2.05) is 26.0 Å². The molecule has 1 aromatic heterocycles. The lowest BCUT2D eigenvalue weighted by Crippen LogP contribution is -2.40. The highest BCUT2D eigenvalue weighted by Gasteiger charge is 2.32. The maximum absolute atomic E-state index is 13.8. The lowest BCUT2D eigenvalue weighted by molar-refractivity contribution is -0.119. The first-order chi connectivity index (χ1) is 19.1. The van der Waals surface area contributed by atoms with Crippen LogP contribution in [0.1, 0.15) is 48.8 Å². The van der Waals surface area contributed by atoms with Gasteiger partial charge in [-0.25, -0.2) is 13.2 Å². The summed E-state index contributed by atoms with van der Waals surface area (Å²) in [7, 11) is -4.08. The van der Waals surface area contributed by atoms with Crippen LogP contribution in [0.2, 0.25) is 0 Å². The zero-order valence-electron chi connectivity index (χ0n) is 23.0. The Morgan fingerprint density at radius 3 is 2.50 bits per heavy atom. The normalized spacial score (nSPS) is 15.0. The van der Waals surface area contributed by atoms with Gasteiger partial charge in [-0.1, -0.05) is 39.0 Å². The van der Waals surface area contributed by atoms with E-state index in [0.717, 1.165) is 5.56 Å². The molecule has 2 aromatic carbocycles. The standard InChI is InChI=1S/C28H34N4O7S/c1-5-18(3)26(33)29-21-11-12-23(24(17-21)40(36,37)31-13-15-38-16-14-31)39-27-19(4)25(28(34)35)30-32(27)22-10-8-7-9-20(22)6-2/h7-12,17-18H,5-6,13-16H2,1-4H3,(H,29,33)(H,34,35)/t18-/m1/s1. The Balaban J connectivity index is 1.86. The summed E-state index contributed by atoms with van der Waals surface area (Å²) in [6.45, 7) is 8.04. The van der Waals surface area contributed by atoms with Crippen molar-refractivity contribution in [3.8, 4) is 17.3 Å². The molecule has 0 radical (unpaired) electrons. The van der Waals surface area contributed by atoms with E-state index in [-0.39, 0.29) is 65.9 Å². The number of ether oxygens (including phenoxy) is 2. The van der Waals surface area contributed by atoms with Crippen LogP contribution in [0.25, 0.3) is 5.69 Å². The van der Waals surface area contributed by atoms with Crippen molar-refractivity contribution in [2.24, 2.45) is 5.92 Å². The molecule has 2 N–H and O–H groups in total. The Morgan fingerprint density at radius 2 is 1.85 bits per heavy atom. The third-order valence-electron chi connectivity index (χ3n) is 6.94. The number of morpholine rings is 1. The molecule has 0 bridgehead atoms. The molecule has 1 saturated heterocycles. The summed E-state index contributed by atoms with van der Waals surface area (Å²) in [4.78, 5) is 24.4. The molecule has 0 unspecified atom stereocenters. The maximum atomic E-state index is 13.8. The van der Waals surface area contributed by atoms with Gasteiger partial charge < -0.3 is 19.9 Å². The van der Waals surface area contributed by atoms with Gasteiger partial charge in [0.1, 0.15) is 10.6 Å². The predicted molar refractivity (Wildman–Crippen MR) is 149 cm³/mol. The number of benzene rings is 2. The number of sulfonamides is 1. The van der Waals surface area contributed by atoms with Gasteiger partial charge in [0.2, 0.25) is 21.8 Å². The summed E-state index contributed by atoms with van der Waals surface area (Å²) < 4.78 is 42.0. The summed E-state index contributed by atoms with van der Waals surface area (Å²) in [6.07, 6.45) is 1.28. The second-order valence-electron chi connectivity index (χ2n) is 9.56. The van der Waals surface area contributed by atoms with Crippen LogP contribution in [-0.2, 0) is 26.0 Å². The molecular weight excluding hydrogens is 536 g/mol. The largest absolute Gasteiger partial charge is 0.476 e. The zero-order chi connectivity index (χ0) is 29.0. The molecule has 1 atom stereocenters. The van der Waals surface area contributed by atoms with Gasteiger partial charge in [-0.3, -0.25) is 4.79 Å². The average molecular weight is 571 g/mol. The molecule has 0 saturated carbocycles. The molecule has 12 heteroatoms. The Labute approximate surface area is 233 Å². The molecule has 1 aliphatic heterocycles. The van der Waals surface area contributed by atoms with E-state index in [1.165, 1.54) is 21.1 Å². The summed E-state index contributed by atoms with van der Waals surface area (Å²) >= 11 is 0. The van der Waals surface area contributed by atoms with Crippen LogP contribution in [0.4, 0.5) is 5.69 Å². The van der Waals surface area contributed by atoms with E-state index >= 15 is 0 Å². The third-order valence-corrected chi connectivity index (χ3v) is 8.86. The number of anilines is 1. The van der Waals surface area contributed by atoms with Gasteiger partial charge in [0.05, 0.1) is 18.9 Å². The van der Waals surface area contributed by atoms with E-state index in [9.17, 15) is 23.1 Å². The minimum atomic E-state index is -4.08. The lowest BCUT2D eigenvalue weighted by Gasteiger charge is -2.27. The molecule has 0 aliphatic carbocycles. The molecule has 1 aliphatic rings. The second-order valence-corrected chi connectivity index (χ2v) is 11.5. The van der Waals surface area contributed by atoms with Crippen LogP contribution in [0.5, 0.6) is 11.6 Å². The molecule has 1 fully saturated rings. The van der Waals surface area contributed by atoms with Gasteiger partial charge in [-0.05, 0) is 49.6 Å². The number of carbonyl (C=O) groups is 2. The van der Waals surface area contributed by atoms with Crippen molar-refractivity contribution in [2.75, 3.05) is 31.6 Å². The van der Waals surface area contributed by atoms with Crippen molar-refractivity contribution in [1.82, 2.24) is 14.1 Å². The summed E-state index contributed by atoms with van der Waals surface area (Å²) in [6, 6.07) is 11.8. The Kier molecular flexibility index (Phi) is 8.92. The first-order valence-corrected chi connectivity index (χ1v) is 14.6. The molecule has 3 aromatic rings. The van der Waals surface area contributed by atoms with Crippen LogP contribution in [-0.4, -0.2) is 65.8 Å². The number of nitrogens with one attached hydrogen (secondary N) is 1. The van der Waals surface area contributed by atoms with Gasteiger partial charge in [0.25, 0.3) is 0 Å². The average Bonchev–Trinajstić information content (AvgIpc) is 3.29. The van der Waals surface area contributed by atoms with Crippen LogP contribution in [0.15, 0.2) is 47.4 Å². The number of carbonyl (C=O) groups excluding carboxylic acids is 1. The number of aromatic nitrogens is 2. The Bertz CT molecular complexity index is 1510. The number of aromatic carboxylic acids is 1. The number of hydrogen-bond donors (Lipinski definition) is 2. The fraction of sp³-hybridized carbons (Fsp3) is 0.393. The molecule has 4 rings (SSSR count). The van der Waals surface area contributed by atoms with E-state index in [1.54, 1.807) is 32.0 Å². The van der Waals surface area contributed by atoms with E-state index in [4.69, 9.17) is 9.47 Å². The molecule has 2 heterocycles. The van der Waals surface area contributed by atoms with Crippen molar-refractivity contribution in [3.63, 3.8) is 0 Å². The first-order valence-electron chi connectivity index (χ1n) is 13.2. The highest BCUT2D eigenvalue weighted by molar-refractivity contribution is 7.89. The van der Waals surface area contributed by atoms with Gasteiger partial charge in [-0.2, -0.15) is 14.1 Å². The molecule has 1 amide bonds. The van der Waals surface area contributed by atoms with Crippen molar-refractivity contribution >= 4 is 27.6 Å². The molecule has 40 heavy (non-hydrogen) atoms. The number of aryl methyl sites for hydroxylation is 1. The SMILES string of the molecule is CCc1ccccc1-n1nc(C(=O)O)c(C)c1Oc1ccc(NC(=O)[C@H](C)CC)cc1S(=O)(=O)N1CCOCC1. The third kappa shape index (κ3) is 5.88. The number of para-hydroxylation sites is 1.